The molecule has 1 aliphatic carbocycles. The Labute approximate surface area is 110 Å². The molecule has 5 heteroatoms. The maximum atomic E-state index is 11.1. The number of hydrogen-bond donors (Lipinski definition) is 3. The molecule has 98 valence electrons. The van der Waals surface area contributed by atoms with Crippen molar-refractivity contribution in [2.45, 2.75) is 38.1 Å². The molecule has 0 saturated carbocycles. The normalized spacial score (nSPS) is 16.8. The first-order valence-corrected chi connectivity index (χ1v) is 6.41. The number of carbonyl (C=O) groups is 1. The van der Waals surface area contributed by atoms with Crippen LogP contribution in [0.1, 0.15) is 42.0 Å². The molecule has 2 rings (SSSR count). The van der Waals surface area contributed by atoms with Gasteiger partial charge in [-0.25, -0.2) is 0 Å². The van der Waals surface area contributed by atoms with Crippen molar-refractivity contribution in [3.05, 3.63) is 27.8 Å². The van der Waals surface area contributed by atoms with Gasteiger partial charge in [-0.3, -0.25) is 4.79 Å². The summed E-state index contributed by atoms with van der Waals surface area (Å²) in [6.07, 6.45) is 4.73. The predicted molar refractivity (Wildman–Crippen MR) is 68.9 cm³/mol. The smallest absolute Gasteiger partial charge is 0.325 e. The second-order valence-electron chi connectivity index (χ2n) is 4.63. The fourth-order valence-electron chi connectivity index (χ4n) is 2.52. The summed E-state index contributed by atoms with van der Waals surface area (Å²) >= 11 is 5.95. The Balaban J connectivity index is 2.61. The van der Waals surface area contributed by atoms with Gasteiger partial charge in [0.05, 0.1) is 5.02 Å². The predicted octanol–water partition coefficient (Wildman–Crippen LogP) is 2.40. The van der Waals surface area contributed by atoms with Gasteiger partial charge in [0.1, 0.15) is 11.8 Å². The quantitative estimate of drug-likeness (QED) is 0.720. The van der Waals surface area contributed by atoms with Crippen LogP contribution in [-0.4, -0.2) is 16.2 Å². The van der Waals surface area contributed by atoms with Gasteiger partial charge in [-0.2, -0.15) is 0 Å². The van der Waals surface area contributed by atoms with Crippen molar-refractivity contribution in [3.63, 3.8) is 0 Å². The maximum Gasteiger partial charge on any atom is 0.325 e. The van der Waals surface area contributed by atoms with E-state index in [0.717, 1.165) is 43.2 Å². The third-order valence-electron chi connectivity index (χ3n) is 3.44. The highest BCUT2D eigenvalue weighted by molar-refractivity contribution is 6.32. The Hall–Kier alpha value is -1.26. The summed E-state index contributed by atoms with van der Waals surface area (Å²) in [4.78, 5) is 11.1. The van der Waals surface area contributed by atoms with Gasteiger partial charge in [-0.1, -0.05) is 18.0 Å². The molecule has 0 aliphatic heterocycles. The van der Waals surface area contributed by atoms with Crippen molar-refractivity contribution >= 4 is 17.6 Å². The zero-order chi connectivity index (χ0) is 13.3. The minimum atomic E-state index is -1.23. The fourth-order valence-corrected chi connectivity index (χ4v) is 2.76. The molecular weight excluding hydrogens is 254 g/mol. The topological polar surface area (TPSA) is 83.6 Å². The summed E-state index contributed by atoms with van der Waals surface area (Å²) in [6, 6.07) is 0.505. The zero-order valence-electron chi connectivity index (χ0n) is 9.95. The summed E-state index contributed by atoms with van der Waals surface area (Å²) in [5.74, 6) is -1.34. The average Bonchev–Trinajstić information content (AvgIpc) is 2.55. The molecule has 0 fully saturated rings. The lowest BCUT2D eigenvalue weighted by atomic mass is 9.92. The Morgan fingerprint density at radius 1 is 1.33 bits per heavy atom. The SMILES string of the molecule is NC(C(=O)O)c1c(O)c(Cl)cc2c1CCCCC2. The highest BCUT2D eigenvalue weighted by Gasteiger charge is 2.26. The molecule has 1 aliphatic rings. The first-order chi connectivity index (χ1) is 8.52. The van der Waals surface area contributed by atoms with Gasteiger partial charge in [-0.05, 0) is 42.9 Å². The van der Waals surface area contributed by atoms with Crippen LogP contribution in [0.5, 0.6) is 5.75 Å². The number of fused-ring (bicyclic) bond motifs is 1. The van der Waals surface area contributed by atoms with Gasteiger partial charge < -0.3 is 15.9 Å². The zero-order valence-corrected chi connectivity index (χ0v) is 10.7. The summed E-state index contributed by atoms with van der Waals surface area (Å²) < 4.78 is 0. The number of halogens is 1. The summed E-state index contributed by atoms with van der Waals surface area (Å²) in [5, 5.41) is 19.2. The minimum Gasteiger partial charge on any atom is -0.506 e. The van der Waals surface area contributed by atoms with Crippen molar-refractivity contribution in [1.82, 2.24) is 0 Å². The van der Waals surface area contributed by atoms with Crippen molar-refractivity contribution in [1.29, 1.82) is 0 Å². The number of rotatable bonds is 2. The summed E-state index contributed by atoms with van der Waals surface area (Å²) in [5.41, 5.74) is 7.83. The van der Waals surface area contributed by atoms with Crippen molar-refractivity contribution < 1.29 is 15.0 Å². The first kappa shape index (κ1) is 13.2. The summed E-state index contributed by atoms with van der Waals surface area (Å²) in [6.45, 7) is 0. The van der Waals surface area contributed by atoms with Gasteiger partial charge in [0.15, 0.2) is 0 Å². The van der Waals surface area contributed by atoms with E-state index in [1.54, 1.807) is 6.07 Å². The van der Waals surface area contributed by atoms with E-state index in [-0.39, 0.29) is 16.3 Å². The second kappa shape index (κ2) is 5.16. The number of aliphatic carboxylic acids is 1. The molecule has 1 atom stereocenters. The van der Waals surface area contributed by atoms with E-state index in [9.17, 15) is 9.90 Å². The fraction of sp³-hybridized carbons (Fsp3) is 0.462. The van der Waals surface area contributed by atoms with Gasteiger partial charge in [-0.15, -0.1) is 0 Å². The van der Waals surface area contributed by atoms with Gasteiger partial charge in [0.2, 0.25) is 0 Å². The molecule has 0 radical (unpaired) electrons. The van der Waals surface area contributed by atoms with Crippen molar-refractivity contribution in [2.24, 2.45) is 5.73 Å². The van der Waals surface area contributed by atoms with E-state index in [4.69, 9.17) is 22.4 Å². The molecule has 0 spiro atoms. The molecule has 4 nitrogen and oxygen atoms in total. The Morgan fingerprint density at radius 3 is 2.67 bits per heavy atom. The van der Waals surface area contributed by atoms with Crippen molar-refractivity contribution in [3.8, 4) is 5.75 Å². The lowest BCUT2D eigenvalue weighted by molar-refractivity contribution is -0.138. The molecule has 1 unspecified atom stereocenters. The van der Waals surface area contributed by atoms with Crippen LogP contribution >= 0.6 is 11.6 Å². The van der Waals surface area contributed by atoms with Crippen LogP contribution in [0.15, 0.2) is 6.07 Å². The van der Waals surface area contributed by atoms with Gasteiger partial charge >= 0.3 is 5.97 Å². The van der Waals surface area contributed by atoms with Crippen LogP contribution in [0.2, 0.25) is 5.02 Å². The average molecular weight is 270 g/mol. The number of phenolic OH excluding ortho intramolecular Hbond substituents is 1. The number of nitrogens with two attached hydrogens (primary N) is 1. The van der Waals surface area contributed by atoms with Crippen LogP contribution in [0.25, 0.3) is 0 Å². The lowest BCUT2D eigenvalue weighted by Gasteiger charge is -2.18. The van der Waals surface area contributed by atoms with Crippen molar-refractivity contribution in [2.75, 3.05) is 0 Å². The van der Waals surface area contributed by atoms with Crippen LogP contribution in [0.3, 0.4) is 0 Å². The van der Waals surface area contributed by atoms with E-state index < -0.39 is 12.0 Å². The third-order valence-corrected chi connectivity index (χ3v) is 3.73. The molecule has 0 bridgehead atoms. The number of phenols is 1. The molecule has 0 heterocycles. The Kier molecular flexibility index (Phi) is 3.78. The number of benzene rings is 1. The minimum absolute atomic E-state index is 0.183. The molecule has 18 heavy (non-hydrogen) atoms. The molecule has 4 N–H and O–H groups in total. The van der Waals surface area contributed by atoms with E-state index in [1.807, 2.05) is 0 Å². The highest BCUT2D eigenvalue weighted by Crippen LogP contribution is 2.38. The van der Waals surface area contributed by atoms with E-state index >= 15 is 0 Å². The van der Waals surface area contributed by atoms with Gasteiger partial charge in [0, 0.05) is 5.56 Å². The highest BCUT2D eigenvalue weighted by atomic mass is 35.5. The number of hydrogen-bond acceptors (Lipinski definition) is 3. The van der Waals surface area contributed by atoms with Gasteiger partial charge in [0.25, 0.3) is 0 Å². The molecular formula is C13H16ClNO3. The lowest BCUT2D eigenvalue weighted by Crippen LogP contribution is -2.23. The number of carboxylic acid groups (broad SMARTS) is 1. The second-order valence-corrected chi connectivity index (χ2v) is 5.04. The van der Waals surface area contributed by atoms with E-state index in [2.05, 4.69) is 0 Å². The number of carboxylic acids is 1. The first-order valence-electron chi connectivity index (χ1n) is 6.04. The molecule has 0 amide bonds. The monoisotopic (exact) mass is 269 g/mol. The summed E-state index contributed by atoms with van der Waals surface area (Å²) in [7, 11) is 0. The largest absolute Gasteiger partial charge is 0.506 e. The molecule has 0 saturated heterocycles. The van der Waals surface area contributed by atoms with Crippen LogP contribution in [-0.2, 0) is 17.6 Å². The number of aromatic hydroxyl groups is 1. The molecule has 0 aromatic heterocycles. The maximum absolute atomic E-state index is 11.1. The standard InChI is InChI=1S/C13H16ClNO3/c14-9-6-7-4-2-1-3-5-8(7)10(12(9)16)11(15)13(17)18/h6,11,16H,1-5,15H2,(H,17,18). The van der Waals surface area contributed by atoms with Crippen LogP contribution in [0, 0.1) is 0 Å². The molecule has 1 aromatic rings. The van der Waals surface area contributed by atoms with E-state index in [1.165, 1.54) is 0 Å². The van der Waals surface area contributed by atoms with E-state index in [0.29, 0.717) is 0 Å². The number of aryl methyl sites for hydroxylation is 1. The molecule has 1 aromatic carbocycles. The van der Waals surface area contributed by atoms with Crippen LogP contribution in [0.4, 0.5) is 0 Å². The Morgan fingerprint density at radius 2 is 2.00 bits per heavy atom. The van der Waals surface area contributed by atoms with Crippen LogP contribution < -0.4 is 5.73 Å². The Bertz CT molecular complexity index is 488. The third kappa shape index (κ3) is 2.31.